The highest BCUT2D eigenvalue weighted by Gasteiger charge is 2.28. The van der Waals surface area contributed by atoms with Crippen LogP contribution in [0.1, 0.15) is 38.5 Å². The molecule has 0 unspecified atom stereocenters. The van der Waals surface area contributed by atoms with E-state index in [1.807, 2.05) is 0 Å². The summed E-state index contributed by atoms with van der Waals surface area (Å²) in [5.74, 6) is 1.21. The summed E-state index contributed by atoms with van der Waals surface area (Å²) in [5.41, 5.74) is 0. The van der Waals surface area contributed by atoms with Crippen LogP contribution in [-0.4, -0.2) is 10.2 Å². The average molecular weight is 198 g/mol. The van der Waals surface area contributed by atoms with Crippen molar-refractivity contribution < 1.29 is 9.59 Å². The van der Waals surface area contributed by atoms with Crippen LogP contribution in [0.3, 0.4) is 0 Å². The lowest BCUT2D eigenvalue weighted by molar-refractivity contribution is -0.113. The van der Waals surface area contributed by atoms with Gasteiger partial charge in [-0.1, -0.05) is 0 Å². The Morgan fingerprint density at radius 2 is 1.31 bits per heavy atom. The molecular formula is C10H14O2S. The Morgan fingerprint density at radius 1 is 0.923 bits per heavy atom. The third kappa shape index (κ3) is 3.51. The Labute approximate surface area is 82.5 Å². The molecule has 0 amide bonds. The normalized spacial score (nSPS) is 21.5. The van der Waals surface area contributed by atoms with Gasteiger partial charge in [0, 0.05) is 12.8 Å². The second-order valence-electron chi connectivity index (χ2n) is 4.14. The van der Waals surface area contributed by atoms with Crippen LogP contribution >= 0.6 is 11.8 Å². The van der Waals surface area contributed by atoms with Crippen molar-refractivity contribution in [3.63, 3.8) is 0 Å². The molecule has 0 heterocycles. The van der Waals surface area contributed by atoms with Crippen molar-refractivity contribution in [2.24, 2.45) is 11.8 Å². The largest absolute Gasteiger partial charge is 0.287 e. The molecule has 0 aliphatic heterocycles. The molecule has 0 atom stereocenters. The van der Waals surface area contributed by atoms with E-state index in [9.17, 15) is 9.59 Å². The number of carbonyl (C=O) groups is 2. The molecule has 2 saturated carbocycles. The highest BCUT2D eigenvalue weighted by Crippen LogP contribution is 2.36. The Hall–Kier alpha value is -0.310. The predicted octanol–water partition coefficient (Wildman–Crippen LogP) is 2.37. The molecule has 2 fully saturated rings. The van der Waals surface area contributed by atoms with Gasteiger partial charge in [0.2, 0.25) is 0 Å². The zero-order valence-electron chi connectivity index (χ0n) is 7.62. The van der Waals surface area contributed by atoms with E-state index in [1.54, 1.807) is 0 Å². The Morgan fingerprint density at radius 3 is 1.62 bits per heavy atom. The summed E-state index contributed by atoms with van der Waals surface area (Å²) >= 11 is 0.958. The molecule has 0 radical (unpaired) electrons. The first-order valence-corrected chi connectivity index (χ1v) is 5.79. The molecule has 0 N–H and O–H groups in total. The molecule has 2 rings (SSSR count). The van der Waals surface area contributed by atoms with Crippen LogP contribution in [0.4, 0.5) is 0 Å². The number of hydrogen-bond donors (Lipinski definition) is 0. The van der Waals surface area contributed by atoms with Gasteiger partial charge in [-0.15, -0.1) is 0 Å². The summed E-state index contributed by atoms with van der Waals surface area (Å²) in [6.45, 7) is 0. The minimum atomic E-state index is 0.0909. The van der Waals surface area contributed by atoms with Crippen LogP contribution in [0, 0.1) is 11.8 Å². The zero-order valence-corrected chi connectivity index (χ0v) is 8.44. The molecule has 0 aromatic rings. The van der Waals surface area contributed by atoms with Gasteiger partial charge >= 0.3 is 0 Å². The first kappa shape index (κ1) is 9.25. The molecule has 2 aliphatic rings. The van der Waals surface area contributed by atoms with Gasteiger partial charge in [0.25, 0.3) is 0 Å². The SMILES string of the molecule is O=C(CC1CC1)SC(=O)CC1CC1. The van der Waals surface area contributed by atoms with Crippen molar-refractivity contribution in [1.29, 1.82) is 0 Å². The molecule has 0 aromatic heterocycles. The Bertz CT molecular complexity index is 205. The Balaban J connectivity index is 1.62. The quantitative estimate of drug-likeness (QED) is 0.695. The van der Waals surface area contributed by atoms with Crippen LogP contribution in [0.5, 0.6) is 0 Å². The molecule has 2 aliphatic carbocycles. The van der Waals surface area contributed by atoms with Gasteiger partial charge in [-0.2, -0.15) is 0 Å². The molecular weight excluding hydrogens is 184 g/mol. The highest BCUT2D eigenvalue weighted by molar-refractivity contribution is 8.26. The number of carbonyl (C=O) groups excluding carboxylic acids is 2. The third-order valence-electron chi connectivity index (χ3n) is 2.53. The maximum Gasteiger partial charge on any atom is 0.196 e. The summed E-state index contributed by atoms with van der Waals surface area (Å²) in [6, 6.07) is 0. The maximum absolute atomic E-state index is 11.2. The van der Waals surface area contributed by atoms with E-state index in [0.29, 0.717) is 24.7 Å². The van der Waals surface area contributed by atoms with Crippen molar-refractivity contribution in [1.82, 2.24) is 0 Å². The van der Waals surface area contributed by atoms with E-state index < -0.39 is 0 Å². The van der Waals surface area contributed by atoms with E-state index in [0.717, 1.165) is 11.8 Å². The fourth-order valence-corrected chi connectivity index (χ4v) is 2.22. The average Bonchev–Trinajstić information content (AvgIpc) is 2.81. The minimum Gasteiger partial charge on any atom is -0.287 e. The molecule has 0 spiro atoms. The van der Waals surface area contributed by atoms with Gasteiger partial charge in [0.15, 0.2) is 10.2 Å². The summed E-state index contributed by atoms with van der Waals surface area (Å²) in [4.78, 5) is 22.5. The second kappa shape index (κ2) is 3.82. The number of hydrogen-bond acceptors (Lipinski definition) is 3. The van der Waals surface area contributed by atoms with Crippen LogP contribution in [-0.2, 0) is 9.59 Å². The van der Waals surface area contributed by atoms with E-state index in [2.05, 4.69) is 0 Å². The molecule has 0 bridgehead atoms. The predicted molar refractivity (Wildman–Crippen MR) is 52.3 cm³/mol. The lowest BCUT2D eigenvalue weighted by Crippen LogP contribution is -2.00. The second-order valence-corrected chi connectivity index (χ2v) is 5.26. The van der Waals surface area contributed by atoms with Gasteiger partial charge in [-0.05, 0) is 49.3 Å². The molecule has 2 nitrogen and oxygen atoms in total. The van der Waals surface area contributed by atoms with Crippen LogP contribution < -0.4 is 0 Å². The van der Waals surface area contributed by atoms with E-state index in [1.165, 1.54) is 25.7 Å². The fraction of sp³-hybridized carbons (Fsp3) is 0.800. The van der Waals surface area contributed by atoms with Crippen molar-refractivity contribution in [2.45, 2.75) is 38.5 Å². The van der Waals surface area contributed by atoms with Crippen molar-refractivity contribution in [2.75, 3.05) is 0 Å². The van der Waals surface area contributed by atoms with Crippen LogP contribution in [0.2, 0.25) is 0 Å². The van der Waals surface area contributed by atoms with Crippen molar-refractivity contribution in [3.05, 3.63) is 0 Å². The van der Waals surface area contributed by atoms with Gasteiger partial charge in [-0.25, -0.2) is 0 Å². The van der Waals surface area contributed by atoms with Crippen molar-refractivity contribution >= 4 is 22.0 Å². The smallest absolute Gasteiger partial charge is 0.196 e. The molecule has 0 saturated heterocycles. The lowest BCUT2D eigenvalue weighted by Gasteiger charge is -1.97. The lowest BCUT2D eigenvalue weighted by atomic mass is 10.3. The van der Waals surface area contributed by atoms with Crippen LogP contribution in [0.15, 0.2) is 0 Å². The number of thioether (sulfide) groups is 1. The number of rotatable bonds is 4. The van der Waals surface area contributed by atoms with Gasteiger partial charge < -0.3 is 0 Å². The monoisotopic (exact) mass is 198 g/mol. The van der Waals surface area contributed by atoms with Crippen LogP contribution in [0.25, 0.3) is 0 Å². The highest BCUT2D eigenvalue weighted by atomic mass is 32.2. The molecule has 3 heteroatoms. The summed E-state index contributed by atoms with van der Waals surface area (Å²) in [7, 11) is 0. The zero-order chi connectivity index (χ0) is 9.26. The molecule has 0 aromatic carbocycles. The van der Waals surface area contributed by atoms with Crippen molar-refractivity contribution in [3.8, 4) is 0 Å². The third-order valence-corrected chi connectivity index (χ3v) is 3.32. The molecule has 72 valence electrons. The minimum absolute atomic E-state index is 0.0909. The van der Waals surface area contributed by atoms with E-state index in [-0.39, 0.29) is 10.2 Å². The first-order chi connectivity index (χ1) is 6.24. The fourth-order valence-electron chi connectivity index (χ4n) is 1.33. The van der Waals surface area contributed by atoms with Gasteiger partial charge in [-0.3, -0.25) is 9.59 Å². The first-order valence-electron chi connectivity index (χ1n) is 4.97. The van der Waals surface area contributed by atoms with E-state index in [4.69, 9.17) is 0 Å². The summed E-state index contributed by atoms with van der Waals surface area (Å²) < 4.78 is 0. The molecule has 13 heavy (non-hydrogen) atoms. The summed E-state index contributed by atoms with van der Waals surface area (Å²) in [6.07, 6.45) is 5.99. The topological polar surface area (TPSA) is 34.1 Å². The maximum atomic E-state index is 11.2. The Kier molecular flexibility index (Phi) is 2.72. The standard InChI is InChI=1S/C10H14O2S/c11-9(5-7-1-2-7)13-10(12)6-8-3-4-8/h7-8H,1-6H2. The van der Waals surface area contributed by atoms with E-state index >= 15 is 0 Å². The summed E-state index contributed by atoms with van der Waals surface area (Å²) in [5, 5.41) is 0.182. The van der Waals surface area contributed by atoms with Gasteiger partial charge in [0.05, 0.1) is 0 Å². The van der Waals surface area contributed by atoms with Gasteiger partial charge in [0.1, 0.15) is 0 Å².